The summed E-state index contributed by atoms with van der Waals surface area (Å²) in [6.07, 6.45) is 0.591. The lowest BCUT2D eigenvalue weighted by molar-refractivity contribution is -0.133. The maximum Gasteiger partial charge on any atom is 0.341 e. The molecule has 10 nitrogen and oxygen atoms in total. The molecule has 0 bridgehead atoms. The third-order valence-corrected chi connectivity index (χ3v) is 6.88. The van der Waals surface area contributed by atoms with Crippen LogP contribution in [0.3, 0.4) is 0 Å². The molecule has 1 atom stereocenters. The molecule has 0 saturated carbocycles. The van der Waals surface area contributed by atoms with Crippen LogP contribution in [0.15, 0.2) is 18.2 Å². The first-order valence-corrected chi connectivity index (χ1v) is 11.6. The van der Waals surface area contributed by atoms with Gasteiger partial charge in [0.05, 0.1) is 12.2 Å². The summed E-state index contributed by atoms with van der Waals surface area (Å²) in [7, 11) is 0. The molecule has 0 spiro atoms. The predicted molar refractivity (Wildman–Crippen MR) is 123 cm³/mol. The van der Waals surface area contributed by atoms with Crippen LogP contribution in [0.4, 0.5) is 9.80 Å². The van der Waals surface area contributed by atoms with Gasteiger partial charge in [0.25, 0.3) is 5.91 Å². The van der Waals surface area contributed by atoms with E-state index in [0.717, 1.165) is 15.3 Å². The minimum atomic E-state index is -1.37. The minimum absolute atomic E-state index is 0.0812. The van der Waals surface area contributed by atoms with Gasteiger partial charge in [-0.3, -0.25) is 14.5 Å². The van der Waals surface area contributed by atoms with E-state index in [4.69, 9.17) is 14.2 Å². The Morgan fingerprint density at radius 2 is 1.97 bits per heavy atom. The highest BCUT2D eigenvalue weighted by molar-refractivity contribution is 7.16. The number of thiophene rings is 1. The maximum atomic E-state index is 13.2. The number of benzene rings is 1. The molecule has 34 heavy (non-hydrogen) atoms. The quantitative estimate of drug-likeness (QED) is 0.455. The third-order valence-electron chi connectivity index (χ3n) is 5.82. The number of fused-ring (bicyclic) bond motifs is 1. The van der Waals surface area contributed by atoms with Crippen molar-refractivity contribution in [2.75, 3.05) is 25.3 Å². The van der Waals surface area contributed by atoms with E-state index in [9.17, 15) is 19.2 Å². The van der Waals surface area contributed by atoms with Gasteiger partial charge in [-0.2, -0.15) is 0 Å². The number of imide groups is 1. The number of nitrogens with zero attached hydrogens (tertiary/aromatic N) is 1. The van der Waals surface area contributed by atoms with Gasteiger partial charge in [-0.25, -0.2) is 9.59 Å². The Morgan fingerprint density at radius 3 is 2.68 bits per heavy atom. The van der Waals surface area contributed by atoms with Crippen molar-refractivity contribution < 1.29 is 33.4 Å². The second-order valence-corrected chi connectivity index (χ2v) is 9.20. The first-order chi connectivity index (χ1) is 16.2. The van der Waals surface area contributed by atoms with Crippen LogP contribution in [0.25, 0.3) is 0 Å². The van der Waals surface area contributed by atoms with Crippen LogP contribution in [-0.4, -0.2) is 48.7 Å². The smallest absolute Gasteiger partial charge is 0.341 e. The molecule has 0 unspecified atom stereocenters. The minimum Gasteiger partial charge on any atom is -0.462 e. The van der Waals surface area contributed by atoms with Crippen LogP contribution < -0.4 is 20.1 Å². The average molecular weight is 488 g/mol. The molecule has 0 radical (unpaired) electrons. The summed E-state index contributed by atoms with van der Waals surface area (Å²) in [6.45, 7) is 6.81. The van der Waals surface area contributed by atoms with Crippen molar-refractivity contribution in [3.05, 3.63) is 39.8 Å². The van der Waals surface area contributed by atoms with Gasteiger partial charge in [0.2, 0.25) is 12.7 Å². The van der Waals surface area contributed by atoms with Gasteiger partial charge in [0, 0.05) is 4.88 Å². The highest BCUT2D eigenvalue weighted by Gasteiger charge is 2.50. The largest absolute Gasteiger partial charge is 0.462 e. The van der Waals surface area contributed by atoms with E-state index in [1.54, 1.807) is 32.0 Å². The van der Waals surface area contributed by atoms with Crippen LogP contribution in [0.5, 0.6) is 11.5 Å². The van der Waals surface area contributed by atoms with Gasteiger partial charge in [-0.05, 0) is 50.5 Å². The number of anilines is 1. The summed E-state index contributed by atoms with van der Waals surface area (Å²) in [4.78, 5) is 52.9. The first kappa shape index (κ1) is 23.6. The van der Waals surface area contributed by atoms with Gasteiger partial charge >= 0.3 is 12.0 Å². The lowest BCUT2D eigenvalue weighted by atomic mass is 9.91. The number of amides is 4. The zero-order chi connectivity index (χ0) is 24.6. The Labute approximate surface area is 200 Å². The van der Waals surface area contributed by atoms with Crippen LogP contribution in [0.1, 0.15) is 47.1 Å². The zero-order valence-corrected chi connectivity index (χ0v) is 20.1. The summed E-state index contributed by atoms with van der Waals surface area (Å²) in [5.41, 5.74) is 0.236. The Kier molecular flexibility index (Phi) is 6.22. The molecule has 3 heterocycles. The van der Waals surface area contributed by atoms with Crippen LogP contribution in [0.2, 0.25) is 0 Å². The molecule has 2 aromatic rings. The number of hydrogen-bond acceptors (Lipinski definition) is 8. The van der Waals surface area contributed by atoms with Gasteiger partial charge in [0.1, 0.15) is 17.1 Å². The molecule has 1 saturated heterocycles. The van der Waals surface area contributed by atoms with Crippen molar-refractivity contribution in [2.24, 2.45) is 0 Å². The van der Waals surface area contributed by atoms with E-state index >= 15 is 0 Å². The van der Waals surface area contributed by atoms with E-state index < -0.39 is 35.9 Å². The molecule has 4 rings (SSSR count). The third kappa shape index (κ3) is 3.96. The number of urea groups is 1. The zero-order valence-electron chi connectivity index (χ0n) is 19.3. The number of esters is 1. The van der Waals surface area contributed by atoms with Crippen LogP contribution >= 0.6 is 11.3 Å². The van der Waals surface area contributed by atoms with Gasteiger partial charge in [-0.1, -0.05) is 13.0 Å². The van der Waals surface area contributed by atoms with E-state index in [2.05, 4.69) is 10.6 Å². The SMILES string of the molecule is CCOC(=O)c1c(NC(=O)CN2C(=O)N[C@@](C)(c3ccc4c(c3)OCO4)C2=O)sc(C)c1CC. The number of rotatable bonds is 7. The number of carbonyl (C=O) groups excluding carboxylic acids is 4. The molecular weight excluding hydrogens is 462 g/mol. The molecule has 1 aromatic carbocycles. The van der Waals surface area contributed by atoms with E-state index in [-0.39, 0.29) is 13.4 Å². The van der Waals surface area contributed by atoms with Crippen molar-refractivity contribution in [1.82, 2.24) is 10.2 Å². The number of ether oxygens (including phenoxy) is 3. The van der Waals surface area contributed by atoms with E-state index in [0.29, 0.717) is 34.0 Å². The monoisotopic (exact) mass is 487 g/mol. The maximum absolute atomic E-state index is 13.2. The van der Waals surface area contributed by atoms with Crippen molar-refractivity contribution >= 4 is 40.2 Å². The Morgan fingerprint density at radius 1 is 1.24 bits per heavy atom. The molecule has 2 N–H and O–H groups in total. The van der Waals surface area contributed by atoms with Crippen LogP contribution in [0, 0.1) is 6.92 Å². The highest BCUT2D eigenvalue weighted by atomic mass is 32.1. The number of nitrogens with one attached hydrogen (secondary N) is 2. The van der Waals surface area contributed by atoms with Crippen molar-refractivity contribution in [2.45, 2.75) is 39.7 Å². The highest BCUT2D eigenvalue weighted by Crippen LogP contribution is 2.38. The fraction of sp³-hybridized carbons (Fsp3) is 0.391. The fourth-order valence-corrected chi connectivity index (χ4v) is 5.21. The molecule has 2 aliphatic heterocycles. The van der Waals surface area contributed by atoms with Gasteiger partial charge < -0.3 is 24.8 Å². The van der Waals surface area contributed by atoms with E-state index in [1.165, 1.54) is 11.3 Å². The van der Waals surface area contributed by atoms with Crippen LogP contribution in [-0.2, 0) is 26.3 Å². The van der Waals surface area contributed by atoms with Crippen molar-refractivity contribution in [3.8, 4) is 11.5 Å². The first-order valence-electron chi connectivity index (χ1n) is 10.8. The summed E-state index contributed by atoms with van der Waals surface area (Å²) >= 11 is 1.25. The molecule has 11 heteroatoms. The lowest BCUT2D eigenvalue weighted by Crippen LogP contribution is -2.42. The molecule has 4 amide bonds. The summed E-state index contributed by atoms with van der Waals surface area (Å²) in [5.74, 6) is -0.676. The molecule has 180 valence electrons. The second kappa shape index (κ2) is 8.98. The Bertz CT molecular complexity index is 1190. The number of carbonyl (C=O) groups is 4. The van der Waals surface area contributed by atoms with Gasteiger partial charge in [-0.15, -0.1) is 11.3 Å². The lowest BCUT2D eigenvalue weighted by Gasteiger charge is -2.22. The number of aryl methyl sites for hydroxylation is 1. The topological polar surface area (TPSA) is 123 Å². The molecule has 1 fully saturated rings. The summed E-state index contributed by atoms with van der Waals surface area (Å²) < 4.78 is 15.8. The summed E-state index contributed by atoms with van der Waals surface area (Å²) in [6, 6.07) is 4.28. The Balaban J connectivity index is 1.53. The molecule has 1 aromatic heterocycles. The van der Waals surface area contributed by atoms with Crippen molar-refractivity contribution in [1.29, 1.82) is 0 Å². The standard InChI is InChI=1S/C23H25N3O7S/c1-5-14-12(3)34-19(18(14)20(28)31-6-2)24-17(27)10-26-21(29)23(4,25-22(26)30)13-7-8-15-16(9-13)33-11-32-15/h7-9H,5-6,10-11H2,1-4H3,(H,24,27)(H,25,30)/t23-/m0/s1. The summed E-state index contributed by atoms with van der Waals surface area (Å²) in [5, 5.41) is 5.68. The van der Waals surface area contributed by atoms with Gasteiger partial charge in [0.15, 0.2) is 11.5 Å². The molecular formula is C23H25N3O7S. The predicted octanol–water partition coefficient (Wildman–Crippen LogP) is 2.93. The fourth-order valence-electron chi connectivity index (χ4n) is 4.07. The number of hydrogen-bond donors (Lipinski definition) is 2. The Hall–Kier alpha value is -3.60. The second-order valence-electron chi connectivity index (χ2n) is 7.98. The normalized spacial score (nSPS) is 18.8. The van der Waals surface area contributed by atoms with E-state index in [1.807, 2.05) is 13.8 Å². The molecule has 0 aliphatic carbocycles. The average Bonchev–Trinajstić information content (AvgIpc) is 3.44. The van der Waals surface area contributed by atoms with Crippen molar-refractivity contribution in [3.63, 3.8) is 0 Å². The molecule has 2 aliphatic rings.